The zero-order valence-electron chi connectivity index (χ0n) is 14.6. The van der Waals surface area contributed by atoms with Gasteiger partial charge < -0.3 is 14.7 Å². The topological polar surface area (TPSA) is 78.5 Å². The summed E-state index contributed by atoms with van der Waals surface area (Å²) in [6.45, 7) is 3.25. The highest BCUT2D eigenvalue weighted by molar-refractivity contribution is 5.95. The highest BCUT2D eigenvalue weighted by atomic mass is 16.5. The van der Waals surface area contributed by atoms with Gasteiger partial charge in [0.2, 0.25) is 0 Å². The zero-order valence-corrected chi connectivity index (χ0v) is 14.6. The molecule has 1 fully saturated rings. The van der Waals surface area contributed by atoms with Gasteiger partial charge in [-0.25, -0.2) is 0 Å². The summed E-state index contributed by atoms with van der Waals surface area (Å²) in [6, 6.07) is 9.91. The third-order valence-electron chi connectivity index (χ3n) is 4.64. The number of amides is 1. The van der Waals surface area contributed by atoms with E-state index in [4.69, 9.17) is 4.74 Å². The fourth-order valence-electron chi connectivity index (χ4n) is 3.35. The summed E-state index contributed by atoms with van der Waals surface area (Å²) in [5.41, 5.74) is 1.82. The van der Waals surface area contributed by atoms with Crippen molar-refractivity contribution in [2.24, 2.45) is 0 Å². The van der Waals surface area contributed by atoms with Crippen molar-refractivity contribution in [3.63, 3.8) is 0 Å². The summed E-state index contributed by atoms with van der Waals surface area (Å²) in [4.78, 5) is 14.7. The number of hydrogen-bond acceptors (Lipinski definition) is 4. The highest BCUT2D eigenvalue weighted by Gasteiger charge is 2.38. The molecule has 25 heavy (non-hydrogen) atoms. The second-order valence-corrected chi connectivity index (χ2v) is 6.59. The summed E-state index contributed by atoms with van der Waals surface area (Å²) in [5, 5.41) is 16.9. The number of aliphatic hydroxyl groups excluding tert-OH is 1. The molecule has 1 aliphatic heterocycles. The predicted octanol–water partition coefficient (Wildman–Crippen LogP) is 1.81. The molecule has 0 radical (unpaired) electrons. The Balaban J connectivity index is 1.77. The highest BCUT2D eigenvalue weighted by Crippen LogP contribution is 2.24. The van der Waals surface area contributed by atoms with E-state index in [1.54, 1.807) is 11.1 Å². The number of aliphatic hydroxyl groups is 1. The number of benzene rings is 1. The molecule has 2 heterocycles. The number of H-pyrrole nitrogens is 1. The lowest BCUT2D eigenvalue weighted by Crippen LogP contribution is -2.56. The van der Waals surface area contributed by atoms with Crippen LogP contribution in [0.5, 0.6) is 0 Å². The van der Waals surface area contributed by atoms with E-state index >= 15 is 0 Å². The average Bonchev–Trinajstić information content (AvgIpc) is 3.11. The Morgan fingerprint density at radius 1 is 1.40 bits per heavy atom. The molecule has 0 bridgehead atoms. The van der Waals surface area contributed by atoms with E-state index in [-0.39, 0.29) is 12.5 Å². The molecule has 6 heteroatoms. The van der Waals surface area contributed by atoms with E-state index in [2.05, 4.69) is 17.1 Å². The molecule has 1 aliphatic rings. The van der Waals surface area contributed by atoms with Gasteiger partial charge in [0, 0.05) is 18.7 Å². The molecule has 3 rings (SSSR count). The molecule has 134 valence electrons. The van der Waals surface area contributed by atoms with Crippen molar-refractivity contribution < 1.29 is 14.6 Å². The maximum absolute atomic E-state index is 12.9. The number of aromatic amines is 1. The smallest absolute Gasteiger partial charge is 0.257 e. The number of aryl methyl sites for hydroxylation is 1. The molecule has 1 saturated heterocycles. The number of carbonyl (C=O) groups excluding carboxylic acids is 1. The Morgan fingerprint density at radius 3 is 2.92 bits per heavy atom. The first-order valence-electron chi connectivity index (χ1n) is 8.78. The van der Waals surface area contributed by atoms with Crippen LogP contribution in [0, 0.1) is 0 Å². The number of hydrogen-bond donors (Lipinski definition) is 2. The van der Waals surface area contributed by atoms with Crippen molar-refractivity contribution >= 4 is 5.91 Å². The minimum absolute atomic E-state index is 0.0496. The van der Waals surface area contributed by atoms with Crippen molar-refractivity contribution in [2.45, 2.75) is 31.8 Å². The number of nitrogens with zero attached hydrogens (tertiary/aromatic N) is 2. The number of rotatable bonds is 6. The lowest BCUT2D eigenvalue weighted by molar-refractivity contribution is -0.123. The monoisotopic (exact) mass is 343 g/mol. The molecule has 1 aromatic heterocycles. The van der Waals surface area contributed by atoms with Crippen LogP contribution in [0.25, 0.3) is 0 Å². The molecule has 0 spiro atoms. The summed E-state index contributed by atoms with van der Waals surface area (Å²) in [5.74, 6) is -0.0496. The van der Waals surface area contributed by atoms with Crippen LogP contribution in [-0.4, -0.2) is 58.0 Å². The minimum atomic E-state index is -0.760. The van der Waals surface area contributed by atoms with Crippen LogP contribution >= 0.6 is 0 Å². The Morgan fingerprint density at radius 2 is 2.20 bits per heavy atom. The third-order valence-corrected chi connectivity index (χ3v) is 4.64. The van der Waals surface area contributed by atoms with E-state index in [1.807, 2.05) is 30.3 Å². The van der Waals surface area contributed by atoms with Gasteiger partial charge in [-0.15, -0.1) is 0 Å². The normalized spacial score (nSPS) is 20.6. The SMILES string of the molecule is CCCc1[nH]ncc1C(=O)N1CCO[C@](CO)(Cc2ccccc2)C1. The molecule has 6 nitrogen and oxygen atoms in total. The molecule has 2 N–H and O–H groups in total. The Bertz CT molecular complexity index is 701. The van der Waals surface area contributed by atoms with E-state index in [0.717, 1.165) is 24.1 Å². The molecular weight excluding hydrogens is 318 g/mol. The van der Waals surface area contributed by atoms with Crippen LogP contribution in [0.3, 0.4) is 0 Å². The van der Waals surface area contributed by atoms with Gasteiger partial charge in [0.25, 0.3) is 5.91 Å². The average molecular weight is 343 g/mol. The first-order chi connectivity index (χ1) is 12.2. The lowest BCUT2D eigenvalue weighted by atomic mass is 9.93. The van der Waals surface area contributed by atoms with Gasteiger partial charge in [-0.3, -0.25) is 9.89 Å². The molecule has 0 aliphatic carbocycles. The summed E-state index contributed by atoms with van der Waals surface area (Å²) >= 11 is 0. The number of aromatic nitrogens is 2. The van der Waals surface area contributed by atoms with E-state index in [0.29, 0.717) is 31.7 Å². The van der Waals surface area contributed by atoms with Crippen LogP contribution in [0.4, 0.5) is 0 Å². The molecule has 1 aromatic carbocycles. The Hall–Kier alpha value is -2.18. The maximum Gasteiger partial charge on any atom is 0.257 e. The van der Waals surface area contributed by atoms with Crippen LogP contribution in [0.15, 0.2) is 36.5 Å². The fraction of sp³-hybridized carbons (Fsp3) is 0.474. The van der Waals surface area contributed by atoms with Crippen LogP contribution < -0.4 is 0 Å². The van der Waals surface area contributed by atoms with Gasteiger partial charge in [-0.2, -0.15) is 5.10 Å². The van der Waals surface area contributed by atoms with Crippen LogP contribution in [0.2, 0.25) is 0 Å². The Labute approximate surface area is 147 Å². The fourth-order valence-corrected chi connectivity index (χ4v) is 3.35. The molecule has 0 saturated carbocycles. The van der Waals surface area contributed by atoms with E-state index < -0.39 is 5.60 Å². The maximum atomic E-state index is 12.9. The first kappa shape index (κ1) is 17.6. The quantitative estimate of drug-likeness (QED) is 0.838. The molecule has 1 amide bonds. The van der Waals surface area contributed by atoms with Crippen LogP contribution in [0.1, 0.15) is 35.0 Å². The number of nitrogens with one attached hydrogen (secondary N) is 1. The molecule has 0 unspecified atom stereocenters. The van der Waals surface area contributed by atoms with Gasteiger partial charge >= 0.3 is 0 Å². The largest absolute Gasteiger partial charge is 0.393 e. The second-order valence-electron chi connectivity index (χ2n) is 6.59. The number of morpholine rings is 1. The number of carbonyl (C=O) groups is 1. The summed E-state index contributed by atoms with van der Waals surface area (Å²) in [6.07, 6.45) is 3.91. The van der Waals surface area contributed by atoms with Crippen molar-refractivity contribution in [1.82, 2.24) is 15.1 Å². The standard InChI is InChI=1S/C19H25N3O3/c1-2-6-17-16(12-20-21-17)18(24)22-9-10-25-19(13-22,14-23)11-15-7-4-3-5-8-15/h3-5,7-8,12,23H,2,6,9-11,13-14H2,1H3,(H,20,21)/t19-/m1/s1. The molecule has 2 aromatic rings. The van der Waals surface area contributed by atoms with E-state index in [1.165, 1.54) is 0 Å². The summed E-state index contributed by atoms with van der Waals surface area (Å²) in [7, 11) is 0. The third kappa shape index (κ3) is 3.91. The molecule has 1 atom stereocenters. The molecular formula is C19H25N3O3. The van der Waals surface area contributed by atoms with Crippen molar-refractivity contribution in [3.8, 4) is 0 Å². The Kier molecular flexibility index (Phi) is 5.50. The van der Waals surface area contributed by atoms with Gasteiger partial charge in [-0.1, -0.05) is 43.7 Å². The minimum Gasteiger partial charge on any atom is -0.393 e. The van der Waals surface area contributed by atoms with Crippen molar-refractivity contribution in [1.29, 1.82) is 0 Å². The van der Waals surface area contributed by atoms with E-state index in [9.17, 15) is 9.90 Å². The summed E-state index contributed by atoms with van der Waals surface area (Å²) < 4.78 is 5.93. The van der Waals surface area contributed by atoms with Gasteiger partial charge in [0.1, 0.15) is 5.60 Å². The van der Waals surface area contributed by atoms with Crippen molar-refractivity contribution in [2.75, 3.05) is 26.3 Å². The lowest BCUT2D eigenvalue weighted by Gasteiger charge is -2.42. The van der Waals surface area contributed by atoms with Gasteiger partial charge in [-0.05, 0) is 12.0 Å². The van der Waals surface area contributed by atoms with Crippen LogP contribution in [-0.2, 0) is 17.6 Å². The van der Waals surface area contributed by atoms with Gasteiger partial charge in [0.05, 0.1) is 31.5 Å². The zero-order chi connectivity index (χ0) is 17.7. The predicted molar refractivity (Wildman–Crippen MR) is 94.4 cm³/mol. The van der Waals surface area contributed by atoms with Gasteiger partial charge in [0.15, 0.2) is 0 Å². The number of ether oxygens (including phenoxy) is 1. The first-order valence-corrected chi connectivity index (χ1v) is 8.78. The second kappa shape index (κ2) is 7.80. The van der Waals surface area contributed by atoms with Crippen molar-refractivity contribution in [3.05, 3.63) is 53.3 Å².